The average molecular weight is 468 g/mol. The largest absolute Gasteiger partial charge is 0.460 e. The number of hydrogen-bond acceptors (Lipinski definition) is 7. The molecule has 2 aromatic carbocycles. The zero-order valence-corrected chi connectivity index (χ0v) is 19.0. The van der Waals surface area contributed by atoms with Crippen LogP contribution >= 0.6 is 23.8 Å². The lowest BCUT2D eigenvalue weighted by Gasteiger charge is -2.14. The van der Waals surface area contributed by atoms with Crippen LogP contribution in [0.25, 0.3) is 34.1 Å². The number of halogens is 1. The molecule has 0 atom stereocenters. The van der Waals surface area contributed by atoms with Crippen LogP contribution in [0, 0.1) is 6.92 Å². The Hall–Kier alpha value is -3.49. The summed E-state index contributed by atoms with van der Waals surface area (Å²) in [6.07, 6.45) is 0. The fourth-order valence-electron chi connectivity index (χ4n) is 3.24. The quantitative estimate of drug-likeness (QED) is 0.389. The number of methoxy groups -OCH3 is 1. The number of ether oxygens (including phenoxy) is 2. The zero-order valence-electron chi connectivity index (χ0n) is 17.5. The predicted octanol–water partition coefficient (Wildman–Crippen LogP) is 5.04. The molecule has 0 aliphatic rings. The Morgan fingerprint density at radius 2 is 1.78 bits per heavy atom. The van der Waals surface area contributed by atoms with E-state index in [-0.39, 0.29) is 22.4 Å². The molecule has 162 valence electrons. The molecule has 4 rings (SSSR count). The van der Waals surface area contributed by atoms with Gasteiger partial charge in [0.1, 0.15) is 11.3 Å². The van der Waals surface area contributed by atoms with Gasteiger partial charge in [-0.1, -0.05) is 41.9 Å². The molecule has 0 unspecified atom stereocenters. The molecule has 9 heteroatoms. The molecule has 2 aromatic heterocycles. The second kappa shape index (κ2) is 8.94. The third-order valence-electron chi connectivity index (χ3n) is 4.78. The van der Waals surface area contributed by atoms with Crippen molar-refractivity contribution in [2.24, 2.45) is 7.05 Å². The van der Waals surface area contributed by atoms with Gasteiger partial charge >= 0.3 is 10.9 Å². The van der Waals surface area contributed by atoms with E-state index in [1.54, 1.807) is 38.2 Å². The molecular weight excluding hydrogens is 450 g/mol. The minimum absolute atomic E-state index is 0.0943. The van der Waals surface area contributed by atoms with Crippen molar-refractivity contribution in [2.45, 2.75) is 6.92 Å². The maximum atomic E-state index is 13.2. The highest BCUT2D eigenvalue weighted by Gasteiger charge is 2.26. The SMILES string of the molecule is COC(=S)Oc1c(C)c(-c2ccccc2)oc(=O)c1-c1nc(-c2ccc(Cl)cc2)nn1C. The van der Waals surface area contributed by atoms with E-state index in [0.29, 0.717) is 22.2 Å². The number of aryl methyl sites for hydroxylation is 1. The highest BCUT2D eigenvalue weighted by molar-refractivity contribution is 7.79. The van der Waals surface area contributed by atoms with E-state index in [2.05, 4.69) is 10.1 Å². The summed E-state index contributed by atoms with van der Waals surface area (Å²) in [6.45, 7) is 1.78. The molecule has 0 fully saturated rings. The van der Waals surface area contributed by atoms with Gasteiger partial charge in [0.25, 0.3) is 0 Å². The fraction of sp³-hybridized carbons (Fsp3) is 0.130. The molecule has 4 aromatic rings. The van der Waals surface area contributed by atoms with Crippen LogP contribution in [-0.2, 0) is 11.8 Å². The summed E-state index contributed by atoms with van der Waals surface area (Å²) in [4.78, 5) is 17.7. The Kier molecular flexibility index (Phi) is 6.07. The highest BCUT2D eigenvalue weighted by atomic mass is 35.5. The Bertz CT molecular complexity index is 1350. The molecule has 0 saturated heterocycles. The van der Waals surface area contributed by atoms with Crippen LogP contribution in [-0.4, -0.2) is 27.1 Å². The first-order valence-electron chi connectivity index (χ1n) is 9.55. The van der Waals surface area contributed by atoms with Crippen molar-refractivity contribution in [1.82, 2.24) is 14.8 Å². The van der Waals surface area contributed by atoms with Gasteiger partial charge in [-0.25, -0.2) is 14.5 Å². The molecular formula is C23H18ClN3O4S. The molecule has 0 saturated carbocycles. The monoisotopic (exact) mass is 467 g/mol. The van der Waals surface area contributed by atoms with Gasteiger partial charge in [-0.2, -0.15) is 5.10 Å². The zero-order chi connectivity index (χ0) is 22.8. The van der Waals surface area contributed by atoms with Gasteiger partial charge in [-0.05, 0) is 31.2 Å². The van der Waals surface area contributed by atoms with Crippen LogP contribution in [0.4, 0.5) is 0 Å². The van der Waals surface area contributed by atoms with Crippen molar-refractivity contribution >= 4 is 29.1 Å². The summed E-state index contributed by atoms with van der Waals surface area (Å²) in [7, 11) is 3.07. The van der Waals surface area contributed by atoms with Gasteiger partial charge in [0.15, 0.2) is 17.4 Å². The van der Waals surface area contributed by atoms with Crippen LogP contribution in [0.15, 0.2) is 63.8 Å². The van der Waals surface area contributed by atoms with E-state index in [1.165, 1.54) is 11.8 Å². The number of nitrogens with zero attached hydrogens (tertiary/aromatic N) is 3. The normalized spacial score (nSPS) is 10.8. The summed E-state index contributed by atoms with van der Waals surface area (Å²) in [5.74, 6) is 1.25. The first-order valence-corrected chi connectivity index (χ1v) is 10.3. The number of aromatic nitrogens is 3. The van der Waals surface area contributed by atoms with Crippen molar-refractivity contribution in [1.29, 1.82) is 0 Å². The molecule has 32 heavy (non-hydrogen) atoms. The molecule has 0 N–H and O–H groups in total. The smallest absolute Gasteiger partial charge is 0.357 e. The van der Waals surface area contributed by atoms with E-state index in [1.807, 2.05) is 30.3 Å². The Balaban J connectivity index is 1.92. The predicted molar refractivity (Wildman–Crippen MR) is 126 cm³/mol. The third-order valence-corrected chi connectivity index (χ3v) is 5.29. The van der Waals surface area contributed by atoms with E-state index in [4.69, 9.17) is 37.7 Å². The fourth-order valence-corrected chi connectivity index (χ4v) is 3.45. The van der Waals surface area contributed by atoms with Gasteiger partial charge in [0.05, 0.1) is 7.11 Å². The van der Waals surface area contributed by atoms with Gasteiger partial charge < -0.3 is 13.9 Å². The first-order chi connectivity index (χ1) is 15.4. The average Bonchev–Trinajstić information content (AvgIpc) is 3.18. The minimum atomic E-state index is -0.637. The molecule has 0 bridgehead atoms. The molecule has 0 aliphatic carbocycles. The van der Waals surface area contributed by atoms with Crippen molar-refractivity contribution in [3.05, 3.63) is 75.6 Å². The van der Waals surface area contributed by atoms with Crippen LogP contribution in [0.5, 0.6) is 5.75 Å². The Morgan fingerprint density at radius 1 is 1.09 bits per heavy atom. The topological polar surface area (TPSA) is 79.4 Å². The maximum Gasteiger partial charge on any atom is 0.357 e. The lowest BCUT2D eigenvalue weighted by molar-refractivity contribution is 0.313. The van der Waals surface area contributed by atoms with Crippen LogP contribution < -0.4 is 10.4 Å². The standard InChI is InChI=1S/C23H18ClN3O4S/c1-13-18(14-7-5-4-6-8-14)30-22(28)17(19(13)31-23(32)29-3)21-25-20(26-27(21)2)15-9-11-16(24)12-10-15/h4-12H,1-3H3. The number of benzene rings is 2. The molecule has 0 aliphatic heterocycles. The molecule has 0 spiro atoms. The van der Waals surface area contributed by atoms with Crippen molar-refractivity contribution < 1.29 is 13.9 Å². The lowest BCUT2D eigenvalue weighted by Crippen LogP contribution is -2.16. The highest BCUT2D eigenvalue weighted by Crippen LogP contribution is 2.36. The summed E-state index contributed by atoms with van der Waals surface area (Å²) < 4.78 is 18.0. The third kappa shape index (κ3) is 4.15. The number of thiocarbonyl (C=S) groups is 1. The maximum absolute atomic E-state index is 13.2. The van der Waals surface area contributed by atoms with E-state index >= 15 is 0 Å². The minimum Gasteiger partial charge on any atom is -0.460 e. The van der Waals surface area contributed by atoms with Crippen molar-refractivity contribution in [3.63, 3.8) is 0 Å². The van der Waals surface area contributed by atoms with E-state index in [0.717, 1.165) is 11.1 Å². The first kappa shape index (κ1) is 21.7. The summed E-state index contributed by atoms with van der Waals surface area (Å²) in [5, 5.41) is 4.90. The second-order valence-electron chi connectivity index (χ2n) is 6.86. The van der Waals surface area contributed by atoms with Crippen molar-refractivity contribution in [2.75, 3.05) is 7.11 Å². The van der Waals surface area contributed by atoms with Gasteiger partial charge in [0.2, 0.25) is 0 Å². The summed E-state index contributed by atoms with van der Waals surface area (Å²) in [5.41, 5.74) is 1.49. The van der Waals surface area contributed by atoms with Gasteiger partial charge in [0, 0.05) is 41.0 Å². The molecule has 7 nitrogen and oxygen atoms in total. The Morgan fingerprint density at radius 3 is 2.44 bits per heavy atom. The van der Waals surface area contributed by atoms with Gasteiger partial charge in [-0.3, -0.25) is 0 Å². The Labute approximate surface area is 194 Å². The van der Waals surface area contributed by atoms with Crippen LogP contribution in [0.2, 0.25) is 5.02 Å². The molecule has 0 amide bonds. The van der Waals surface area contributed by atoms with E-state index < -0.39 is 5.63 Å². The second-order valence-corrected chi connectivity index (χ2v) is 7.63. The van der Waals surface area contributed by atoms with Crippen molar-refractivity contribution in [3.8, 4) is 39.8 Å². The summed E-state index contributed by atoms with van der Waals surface area (Å²) in [6, 6.07) is 16.3. The van der Waals surface area contributed by atoms with E-state index in [9.17, 15) is 4.79 Å². The molecule has 2 heterocycles. The van der Waals surface area contributed by atoms with Crippen LogP contribution in [0.1, 0.15) is 5.56 Å². The van der Waals surface area contributed by atoms with Crippen LogP contribution in [0.3, 0.4) is 0 Å². The molecule has 0 radical (unpaired) electrons. The number of hydrogen-bond donors (Lipinski definition) is 0. The number of rotatable bonds is 4. The van der Waals surface area contributed by atoms with Gasteiger partial charge in [-0.15, -0.1) is 0 Å². The lowest BCUT2D eigenvalue weighted by atomic mass is 10.1. The summed E-state index contributed by atoms with van der Waals surface area (Å²) >= 11 is 11.1.